The van der Waals surface area contributed by atoms with Gasteiger partial charge in [0.05, 0.1) is 24.2 Å². The number of carbonyl (C=O) groups is 2. The summed E-state index contributed by atoms with van der Waals surface area (Å²) in [7, 11) is 0. The average molecular weight is 311 g/mol. The van der Waals surface area contributed by atoms with E-state index in [0.29, 0.717) is 39.4 Å². The van der Waals surface area contributed by atoms with Crippen LogP contribution in [0.2, 0.25) is 0 Å². The quantitative estimate of drug-likeness (QED) is 0.531. The van der Waals surface area contributed by atoms with Gasteiger partial charge in [0.1, 0.15) is 0 Å². The van der Waals surface area contributed by atoms with Crippen LogP contribution in [0.1, 0.15) is 16.9 Å². The zero-order chi connectivity index (χ0) is 15.5. The van der Waals surface area contributed by atoms with Crippen LogP contribution < -0.4 is 28.9 Å². The molecular formula is C15H18LiN3O4. The molecule has 23 heavy (non-hydrogen) atoms. The van der Waals surface area contributed by atoms with Crippen molar-refractivity contribution in [1.29, 1.82) is 0 Å². The normalized spacial score (nSPS) is 21.0. The average Bonchev–Trinajstić information content (AvgIpc) is 3.09. The molecule has 0 bridgehead atoms. The van der Waals surface area contributed by atoms with E-state index in [4.69, 9.17) is 4.74 Å². The molecule has 0 radical (unpaired) electrons. The third kappa shape index (κ3) is 4.05. The van der Waals surface area contributed by atoms with E-state index in [1.54, 1.807) is 6.07 Å². The summed E-state index contributed by atoms with van der Waals surface area (Å²) in [5.74, 6) is -1.11. The number of aromatic nitrogens is 1. The first-order valence-electron chi connectivity index (χ1n) is 7.44. The summed E-state index contributed by atoms with van der Waals surface area (Å²) >= 11 is 0. The molecule has 1 aromatic rings. The minimum Gasteiger partial charge on any atom is -0.543 e. The summed E-state index contributed by atoms with van der Waals surface area (Å²) in [6, 6.07) is 3.28. The van der Waals surface area contributed by atoms with Gasteiger partial charge in [0.15, 0.2) is 0 Å². The second-order valence-corrected chi connectivity index (χ2v) is 5.56. The van der Waals surface area contributed by atoms with Crippen molar-refractivity contribution in [2.75, 3.05) is 44.3 Å². The molecule has 2 aliphatic rings. The molecule has 0 spiro atoms. The van der Waals surface area contributed by atoms with Crippen molar-refractivity contribution in [1.82, 2.24) is 9.88 Å². The first-order chi connectivity index (χ1) is 10.6. The smallest absolute Gasteiger partial charge is 0.543 e. The van der Waals surface area contributed by atoms with Gasteiger partial charge in [0.2, 0.25) is 5.91 Å². The monoisotopic (exact) mass is 311 g/mol. The summed E-state index contributed by atoms with van der Waals surface area (Å²) in [6.45, 7) is 3.82. The zero-order valence-corrected chi connectivity index (χ0v) is 13.2. The number of piperazine rings is 1. The maximum atomic E-state index is 12.3. The first kappa shape index (κ1) is 17.8. The summed E-state index contributed by atoms with van der Waals surface area (Å²) in [4.78, 5) is 30.9. The van der Waals surface area contributed by atoms with Gasteiger partial charge in [-0.2, -0.15) is 0 Å². The van der Waals surface area contributed by atoms with E-state index >= 15 is 0 Å². The fourth-order valence-corrected chi connectivity index (χ4v) is 2.90. The Balaban J connectivity index is 0.00000192. The number of aromatic carboxylic acids is 1. The molecule has 1 aromatic heterocycles. The van der Waals surface area contributed by atoms with Gasteiger partial charge in [-0.3, -0.25) is 9.78 Å². The number of hydrogen-bond acceptors (Lipinski definition) is 6. The van der Waals surface area contributed by atoms with Crippen LogP contribution in [0.25, 0.3) is 0 Å². The van der Waals surface area contributed by atoms with Crippen molar-refractivity contribution < 1.29 is 38.3 Å². The molecule has 3 heterocycles. The van der Waals surface area contributed by atoms with Gasteiger partial charge in [-0.25, -0.2) is 0 Å². The van der Waals surface area contributed by atoms with E-state index < -0.39 is 5.97 Å². The number of nitrogens with zero attached hydrogens (tertiary/aromatic N) is 3. The second-order valence-electron chi connectivity index (χ2n) is 5.56. The van der Waals surface area contributed by atoms with Crippen molar-refractivity contribution in [2.45, 2.75) is 6.42 Å². The van der Waals surface area contributed by atoms with E-state index in [-0.39, 0.29) is 36.4 Å². The van der Waals surface area contributed by atoms with Gasteiger partial charge >= 0.3 is 18.9 Å². The third-order valence-corrected chi connectivity index (χ3v) is 4.19. The van der Waals surface area contributed by atoms with Crippen molar-refractivity contribution >= 4 is 17.6 Å². The van der Waals surface area contributed by atoms with E-state index in [2.05, 4.69) is 9.88 Å². The number of hydrogen-bond donors (Lipinski definition) is 0. The first-order valence-corrected chi connectivity index (χ1v) is 7.44. The molecule has 8 heteroatoms. The predicted molar refractivity (Wildman–Crippen MR) is 76.3 cm³/mol. The Morgan fingerprint density at radius 3 is 2.61 bits per heavy atom. The molecule has 1 amide bonds. The van der Waals surface area contributed by atoms with Gasteiger partial charge in [0.25, 0.3) is 0 Å². The van der Waals surface area contributed by atoms with E-state index in [1.807, 2.05) is 4.90 Å². The fraction of sp³-hybridized carbons (Fsp3) is 0.533. The number of amides is 1. The van der Waals surface area contributed by atoms with Crippen LogP contribution >= 0.6 is 0 Å². The Hall–Kier alpha value is -1.55. The molecule has 2 saturated heterocycles. The molecule has 118 valence electrons. The predicted octanol–water partition coefficient (Wildman–Crippen LogP) is -3.87. The van der Waals surface area contributed by atoms with Gasteiger partial charge in [-0.05, 0) is 18.6 Å². The van der Waals surface area contributed by atoms with Crippen molar-refractivity contribution in [3.8, 4) is 0 Å². The van der Waals surface area contributed by atoms with Gasteiger partial charge < -0.3 is 24.4 Å². The van der Waals surface area contributed by atoms with Crippen molar-refractivity contribution in [2.24, 2.45) is 5.92 Å². The number of pyridine rings is 1. The van der Waals surface area contributed by atoms with Crippen LogP contribution in [0, 0.1) is 5.92 Å². The summed E-state index contributed by atoms with van der Waals surface area (Å²) in [5.41, 5.74) is 0.726. The topological polar surface area (TPSA) is 85.8 Å². The maximum absolute atomic E-state index is 12.3. The Labute approximate surface area is 146 Å². The number of carboxylic acid groups (broad SMARTS) is 1. The molecule has 1 atom stereocenters. The molecule has 3 rings (SSSR count). The van der Waals surface area contributed by atoms with Crippen molar-refractivity contribution in [3.63, 3.8) is 0 Å². The zero-order valence-electron chi connectivity index (χ0n) is 13.2. The Bertz CT molecular complexity index is 570. The molecule has 0 aromatic carbocycles. The molecular weight excluding hydrogens is 293 g/mol. The van der Waals surface area contributed by atoms with E-state index in [1.165, 1.54) is 12.3 Å². The van der Waals surface area contributed by atoms with Crippen LogP contribution in [0.3, 0.4) is 0 Å². The third-order valence-electron chi connectivity index (χ3n) is 4.19. The largest absolute Gasteiger partial charge is 1.00 e. The molecule has 0 aliphatic carbocycles. The van der Waals surface area contributed by atoms with E-state index in [9.17, 15) is 14.7 Å². The Morgan fingerprint density at radius 2 is 2.00 bits per heavy atom. The minimum absolute atomic E-state index is 0. The fourth-order valence-electron chi connectivity index (χ4n) is 2.90. The number of carbonyl (C=O) groups excluding carboxylic acids is 2. The van der Waals surface area contributed by atoms with E-state index in [0.717, 1.165) is 12.1 Å². The number of rotatable bonds is 3. The van der Waals surface area contributed by atoms with Crippen LogP contribution in [-0.4, -0.2) is 61.2 Å². The van der Waals surface area contributed by atoms with Gasteiger partial charge in [-0.1, -0.05) is 0 Å². The van der Waals surface area contributed by atoms with Gasteiger partial charge in [0, 0.05) is 44.7 Å². The maximum Gasteiger partial charge on any atom is 1.00 e. The standard InChI is InChI=1S/C15H19N3O4.Li/c19-14(11-2-8-22-10-11)18-6-4-17(5-7-18)12-1-3-16-13(9-12)15(20)21;/h1,3,9,11H,2,4-8,10H2,(H,20,21);/q;+1/p-1. The number of carboxylic acids is 1. The van der Waals surface area contributed by atoms with Crippen LogP contribution in [0.4, 0.5) is 5.69 Å². The van der Waals surface area contributed by atoms with Crippen molar-refractivity contribution in [3.05, 3.63) is 24.0 Å². The molecule has 2 fully saturated rings. The SMILES string of the molecule is O=C([O-])c1cc(N2CCN(C(=O)C3CCOC3)CC2)ccn1.[Li+]. The second kappa shape index (κ2) is 7.82. The molecule has 0 saturated carbocycles. The molecule has 1 unspecified atom stereocenters. The number of ether oxygens (including phenoxy) is 1. The summed E-state index contributed by atoms with van der Waals surface area (Å²) < 4.78 is 5.27. The molecule has 2 aliphatic heterocycles. The number of anilines is 1. The molecule has 0 N–H and O–H groups in total. The van der Waals surface area contributed by atoms with Crippen LogP contribution in [0.15, 0.2) is 18.3 Å². The molecule has 7 nitrogen and oxygen atoms in total. The Morgan fingerprint density at radius 1 is 1.26 bits per heavy atom. The summed E-state index contributed by atoms with van der Waals surface area (Å²) in [5, 5.41) is 10.9. The van der Waals surface area contributed by atoms with Gasteiger partial charge in [-0.15, -0.1) is 0 Å². The minimum atomic E-state index is -1.28. The van der Waals surface area contributed by atoms with Crippen LogP contribution in [-0.2, 0) is 9.53 Å². The summed E-state index contributed by atoms with van der Waals surface area (Å²) in [6.07, 6.45) is 2.27. The van der Waals surface area contributed by atoms with Crippen LogP contribution in [0.5, 0.6) is 0 Å². The Kier molecular flexibility index (Phi) is 6.05.